The molecule has 0 fully saturated rings. The molecule has 26 heavy (non-hydrogen) atoms. The summed E-state index contributed by atoms with van der Waals surface area (Å²) < 4.78 is 6.56. The fourth-order valence-electron chi connectivity index (χ4n) is 2.62. The van der Waals surface area contributed by atoms with Gasteiger partial charge in [0, 0.05) is 11.8 Å². The molecule has 7 heteroatoms. The van der Waals surface area contributed by atoms with Crippen LogP contribution in [0.2, 0.25) is 5.02 Å². The first-order valence-corrected chi connectivity index (χ1v) is 8.33. The van der Waals surface area contributed by atoms with E-state index in [0.717, 1.165) is 5.56 Å². The number of nitrogens with zero attached hydrogens (tertiary/aromatic N) is 2. The zero-order chi connectivity index (χ0) is 18.9. The minimum Gasteiger partial charge on any atom is -0.468 e. The van der Waals surface area contributed by atoms with Crippen molar-refractivity contribution in [1.82, 2.24) is 9.38 Å². The van der Waals surface area contributed by atoms with Gasteiger partial charge < -0.3 is 14.5 Å². The Morgan fingerprint density at radius 3 is 2.46 bits per heavy atom. The quantitative estimate of drug-likeness (QED) is 0.710. The van der Waals surface area contributed by atoms with Crippen LogP contribution >= 0.6 is 11.6 Å². The highest BCUT2D eigenvalue weighted by Gasteiger charge is 2.30. The molecule has 3 rings (SSSR count). The molecular weight excluding hydrogens is 354 g/mol. The van der Waals surface area contributed by atoms with E-state index < -0.39 is 5.41 Å². The number of rotatable bonds is 4. The molecule has 0 saturated heterocycles. The number of hydrogen-bond donors (Lipinski definition) is 1. The van der Waals surface area contributed by atoms with Crippen LogP contribution in [0.3, 0.4) is 0 Å². The lowest BCUT2D eigenvalue weighted by molar-refractivity contribution is -0.146. The Hall–Kier alpha value is -2.86. The standard InChI is InChI=1S/C19H18ClN3O3/c1-19(2,18(25)26-3)13-6-4-12(5-7-13)17(24)22-15-11-23-10-14(20)8-9-16(23)21-15/h4-11H,1-3H3,(H,22,24). The van der Waals surface area contributed by atoms with Crippen LogP contribution in [0.25, 0.3) is 5.65 Å². The van der Waals surface area contributed by atoms with Gasteiger partial charge in [0.1, 0.15) is 5.65 Å². The maximum atomic E-state index is 12.4. The SMILES string of the molecule is COC(=O)C(C)(C)c1ccc(C(=O)Nc2cn3cc(Cl)ccc3n2)cc1. The van der Waals surface area contributed by atoms with Crippen molar-refractivity contribution in [1.29, 1.82) is 0 Å². The van der Waals surface area contributed by atoms with Crippen molar-refractivity contribution in [2.45, 2.75) is 19.3 Å². The highest BCUT2D eigenvalue weighted by atomic mass is 35.5. The molecule has 2 aromatic heterocycles. The van der Waals surface area contributed by atoms with Crippen LogP contribution < -0.4 is 5.32 Å². The zero-order valence-corrected chi connectivity index (χ0v) is 15.4. The number of benzene rings is 1. The number of methoxy groups -OCH3 is 1. The highest BCUT2D eigenvalue weighted by molar-refractivity contribution is 6.30. The second kappa shape index (κ2) is 6.80. The summed E-state index contributed by atoms with van der Waals surface area (Å²) in [7, 11) is 1.36. The van der Waals surface area contributed by atoms with E-state index in [1.165, 1.54) is 7.11 Å². The van der Waals surface area contributed by atoms with Crippen LogP contribution in [0.4, 0.5) is 5.82 Å². The Morgan fingerprint density at radius 1 is 1.12 bits per heavy atom. The van der Waals surface area contributed by atoms with Gasteiger partial charge in [-0.3, -0.25) is 9.59 Å². The van der Waals surface area contributed by atoms with Gasteiger partial charge >= 0.3 is 5.97 Å². The molecule has 0 radical (unpaired) electrons. The average molecular weight is 372 g/mol. The van der Waals surface area contributed by atoms with E-state index in [2.05, 4.69) is 10.3 Å². The van der Waals surface area contributed by atoms with Crippen LogP contribution in [0.15, 0.2) is 48.8 Å². The summed E-state index contributed by atoms with van der Waals surface area (Å²) in [6.07, 6.45) is 3.40. The van der Waals surface area contributed by atoms with Crippen LogP contribution in [0, 0.1) is 0 Å². The molecule has 3 aromatic rings. The summed E-state index contributed by atoms with van der Waals surface area (Å²) in [5, 5.41) is 3.33. The Kier molecular flexibility index (Phi) is 4.70. The van der Waals surface area contributed by atoms with Crippen molar-refractivity contribution in [3.8, 4) is 0 Å². The highest BCUT2D eigenvalue weighted by Crippen LogP contribution is 2.25. The van der Waals surface area contributed by atoms with Gasteiger partial charge in [0.05, 0.1) is 23.7 Å². The van der Waals surface area contributed by atoms with Gasteiger partial charge in [0.25, 0.3) is 5.91 Å². The van der Waals surface area contributed by atoms with Crippen molar-refractivity contribution in [3.63, 3.8) is 0 Å². The van der Waals surface area contributed by atoms with Crippen molar-refractivity contribution in [2.24, 2.45) is 0 Å². The van der Waals surface area contributed by atoms with Crippen molar-refractivity contribution in [2.75, 3.05) is 12.4 Å². The maximum Gasteiger partial charge on any atom is 0.315 e. The van der Waals surface area contributed by atoms with Crippen LogP contribution in [-0.2, 0) is 14.9 Å². The number of ether oxygens (including phenoxy) is 1. The summed E-state index contributed by atoms with van der Waals surface area (Å²) >= 11 is 5.94. The molecule has 0 aliphatic carbocycles. The number of anilines is 1. The number of fused-ring (bicyclic) bond motifs is 1. The number of amides is 1. The molecule has 0 unspecified atom stereocenters. The van der Waals surface area contributed by atoms with E-state index in [9.17, 15) is 9.59 Å². The first kappa shape index (κ1) is 17.9. The van der Waals surface area contributed by atoms with Crippen LogP contribution in [0.1, 0.15) is 29.8 Å². The summed E-state index contributed by atoms with van der Waals surface area (Å²) in [5.41, 5.74) is 1.12. The molecule has 0 spiro atoms. The predicted molar refractivity (Wildman–Crippen MR) is 99.6 cm³/mol. The van der Waals surface area contributed by atoms with Gasteiger partial charge in [-0.2, -0.15) is 0 Å². The van der Waals surface area contributed by atoms with E-state index in [1.807, 2.05) is 0 Å². The molecule has 1 aromatic carbocycles. The second-order valence-corrected chi connectivity index (χ2v) is 6.82. The smallest absolute Gasteiger partial charge is 0.315 e. The molecule has 0 aliphatic rings. The molecular formula is C19H18ClN3O3. The van der Waals surface area contributed by atoms with Crippen molar-refractivity contribution in [3.05, 3.63) is 64.9 Å². The van der Waals surface area contributed by atoms with E-state index in [4.69, 9.17) is 16.3 Å². The zero-order valence-electron chi connectivity index (χ0n) is 14.6. The van der Waals surface area contributed by atoms with Crippen molar-refractivity contribution < 1.29 is 14.3 Å². The Labute approximate surface area is 155 Å². The second-order valence-electron chi connectivity index (χ2n) is 6.39. The van der Waals surface area contributed by atoms with Gasteiger partial charge in [0.2, 0.25) is 0 Å². The van der Waals surface area contributed by atoms with E-state index in [0.29, 0.717) is 22.1 Å². The normalized spacial score (nSPS) is 11.4. The van der Waals surface area contributed by atoms with Crippen LogP contribution in [-0.4, -0.2) is 28.4 Å². The number of halogens is 1. The summed E-state index contributed by atoms with van der Waals surface area (Å²) in [4.78, 5) is 28.6. The lowest BCUT2D eigenvalue weighted by Crippen LogP contribution is -2.30. The lowest BCUT2D eigenvalue weighted by atomic mass is 9.84. The maximum absolute atomic E-state index is 12.4. The van der Waals surface area contributed by atoms with Gasteiger partial charge in [-0.05, 0) is 43.7 Å². The van der Waals surface area contributed by atoms with E-state index in [-0.39, 0.29) is 11.9 Å². The van der Waals surface area contributed by atoms with Crippen molar-refractivity contribution >= 4 is 34.9 Å². The van der Waals surface area contributed by atoms with Crippen LogP contribution in [0.5, 0.6) is 0 Å². The van der Waals surface area contributed by atoms with Gasteiger partial charge in [-0.15, -0.1) is 0 Å². The minimum atomic E-state index is -0.787. The Bertz CT molecular complexity index is 977. The molecule has 0 aliphatic heterocycles. The summed E-state index contributed by atoms with van der Waals surface area (Å²) in [5.74, 6) is -0.198. The van der Waals surface area contributed by atoms with Gasteiger partial charge in [-0.1, -0.05) is 23.7 Å². The Morgan fingerprint density at radius 2 is 1.81 bits per heavy atom. The number of esters is 1. The predicted octanol–water partition coefficient (Wildman–Crippen LogP) is 3.69. The monoisotopic (exact) mass is 371 g/mol. The minimum absolute atomic E-state index is 0.290. The van der Waals surface area contributed by atoms with Gasteiger partial charge in [-0.25, -0.2) is 4.98 Å². The fourth-order valence-corrected chi connectivity index (χ4v) is 2.79. The largest absolute Gasteiger partial charge is 0.468 e. The number of imidazole rings is 1. The molecule has 134 valence electrons. The summed E-state index contributed by atoms with van der Waals surface area (Å²) in [6.45, 7) is 3.55. The molecule has 0 saturated carbocycles. The molecule has 1 amide bonds. The lowest BCUT2D eigenvalue weighted by Gasteiger charge is -2.22. The molecule has 0 bridgehead atoms. The number of carbonyl (C=O) groups is 2. The topological polar surface area (TPSA) is 72.7 Å². The van der Waals surface area contributed by atoms with E-state index >= 15 is 0 Å². The third kappa shape index (κ3) is 3.41. The molecule has 1 N–H and O–H groups in total. The number of hydrogen-bond acceptors (Lipinski definition) is 4. The fraction of sp³-hybridized carbons (Fsp3) is 0.211. The number of carbonyl (C=O) groups excluding carboxylic acids is 2. The van der Waals surface area contributed by atoms with E-state index in [1.54, 1.807) is 67.0 Å². The summed E-state index contributed by atoms with van der Waals surface area (Å²) in [6, 6.07) is 10.3. The average Bonchev–Trinajstić information content (AvgIpc) is 3.02. The third-order valence-electron chi connectivity index (χ3n) is 4.22. The van der Waals surface area contributed by atoms with Gasteiger partial charge in [0.15, 0.2) is 5.82 Å². The number of pyridine rings is 1. The number of nitrogens with one attached hydrogen (secondary N) is 1. The Balaban J connectivity index is 1.78. The first-order valence-electron chi connectivity index (χ1n) is 7.96. The third-order valence-corrected chi connectivity index (χ3v) is 4.44. The molecule has 6 nitrogen and oxygen atoms in total. The molecule has 2 heterocycles. The number of aromatic nitrogens is 2. The molecule has 0 atom stereocenters. The first-order chi connectivity index (χ1) is 12.3.